The highest BCUT2D eigenvalue weighted by Crippen LogP contribution is 2.24. The molecule has 0 fully saturated rings. The molecule has 3 aromatic rings. The molecule has 0 aliphatic carbocycles. The highest BCUT2D eigenvalue weighted by atomic mass is 16.5. The van der Waals surface area contributed by atoms with Crippen LogP contribution in [0.15, 0.2) is 48.5 Å². The highest BCUT2D eigenvalue weighted by Gasteiger charge is 2.07. The van der Waals surface area contributed by atoms with Crippen molar-refractivity contribution >= 4 is 10.9 Å². The summed E-state index contributed by atoms with van der Waals surface area (Å²) >= 11 is 0. The number of aryl methyl sites for hydroxylation is 1. The van der Waals surface area contributed by atoms with Gasteiger partial charge in [0.1, 0.15) is 23.9 Å². The molecule has 1 aromatic heterocycles. The average molecular weight is 269 g/mol. The van der Waals surface area contributed by atoms with E-state index in [-0.39, 0.29) is 11.5 Å². The standard InChI is InChI=1S/C16H15NO3/c1-17-12(8-11-9-14(19)4-7-16(11)17)10-20-15-5-2-13(18)3-6-15/h2-9,18-19H,10H2,1H3. The van der Waals surface area contributed by atoms with Crippen molar-refractivity contribution in [2.24, 2.45) is 7.05 Å². The van der Waals surface area contributed by atoms with Crippen molar-refractivity contribution in [1.82, 2.24) is 4.57 Å². The van der Waals surface area contributed by atoms with Gasteiger partial charge in [-0.15, -0.1) is 0 Å². The number of phenolic OH excluding ortho intramolecular Hbond substituents is 2. The van der Waals surface area contributed by atoms with E-state index in [4.69, 9.17) is 4.74 Å². The minimum absolute atomic E-state index is 0.220. The maximum atomic E-state index is 9.50. The largest absolute Gasteiger partial charge is 0.508 e. The lowest BCUT2D eigenvalue weighted by Gasteiger charge is -2.07. The molecule has 102 valence electrons. The molecule has 0 saturated carbocycles. The molecule has 0 aliphatic heterocycles. The van der Waals surface area contributed by atoms with E-state index in [1.165, 1.54) is 0 Å². The first-order valence-electron chi connectivity index (χ1n) is 6.32. The van der Waals surface area contributed by atoms with Gasteiger partial charge >= 0.3 is 0 Å². The Hall–Kier alpha value is -2.62. The van der Waals surface area contributed by atoms with Gasteiger partial charge in [0.05, 0.1) is 5.69 Å². The van der Waals surface area contributed by atoms with Crippen LogP contribution in [0.1, 0.15) is 5.69 Å². The molecule has 0 amide bonds. The molecule has 0 radical (unpaired) electrons. The molecule has 0 bridgehead atoms. The summed E-state index contributed by atoms with van der Waals surface area (Å²) in [6.45, 7) is 0.427. The van der Waals surface area contributed by atoms with Crippen molar-refractivity contribution in [3.05, 3.63) is 54.2 Å². The van der Waals surface area contributed by atoms with Crippen molar-refractivity contribution in [2.75, 3.05) is 0 Å². The third kappa shape index (κ3) is 2.28. The quantitative estimate of drug-likeness (QED) is 0.768. The fraction of sp³-hybridized carbons (Fsp3) is 0.125. The Morgan fingerprint density at radius 2 is 1.65 bits per heavy atom. The van der Waals surface area contributed by atoms with Crippen molar-refractivity contribution in [3.8, 4) is 17.2 Å². The number of aromatic hydroxyl groups is 2. The van der Waals surface area contributed by atoms with Crippen LogP contribution in [0.4, 0.5) is 0 Å². The lowest BCUT2D eigenvalue weighted by Crippen LogP contribution is -2.01. The van der Waals surface area contributed by atoms with Crippen LogP contribution in [0.2, 0.25) is 0 Å². The van der Waals surface area contributed by atoms with E-state index in [0.717, 1.165) is 16.6 Å². The number of phenols is 2. The molecular weight excluding hydrogens is 254 g/mol. The fourth-order valence-corrected chi connectivity index (χ4v) is 2.23. The minimum atomic E-state index is 0.220. The molecule has 0 spiro atoms. The molecule has 0 aliphatic rings. The highest BCUT2D eigenvalue weighted by molar-refractivity contribution is 5.82. The first kappa shape index (κ1) is 12.4. The van der Waals surface area contributed by atoms with Crippen LogP contribution in [0.5, 0.6) is 17.2 Å². The van der Waals surface area contributed by atoms with Gasteiger partial charge in [-0.25, -0.2) is 0 Å². The summed E-state index contributed by atoms with van der Waals surface area (Å²) < 4.78 is 7.73. The summed E-state index contributed by atoms with van der Waals surface area (Å²) in [5, 5.41) is 19.7. The van der Waals surface area contributed by atoms with E-state index in [9.17, 15) is 10.2 Å². The fourth-order valence-electron chi connectivity index (χ4n) is 2.23. The average Bonchev–Trinajstić information content (AvgIpc) is 2.74. The van der Waals surface area contributed by atoms with E-state index in [2.05, 4.69) is 0 Å². The summed E-state index contributed by atoms with van der Waals surface area (Å²) in [6.07, 6.45) is 0. The van der Waals surface area contributed by atoms with Crippen LogP contribution in [0.3, 0.4) is 0 Å². The first-order valence-corrected chi connectivity index (χ1v) is 6.32. The maximum Gasteiger partial charge on any atom is 0.128 e. The van der Waals surface area contributed by atoms with E-state index in [1.807, 2.05) is 23.7 Å². The number of hydrogen-bond donors (Lipinski definition) is 2. The Balaban J connectivity index is 1.84. The van der Waals surface area contributed by atoms with E-state index in [0.29, 0.717) is 12.4 Å². The molecule has 3 rings (SSSR count). The molecular formula is C16H15NO3. The maximum absolute atomic E-state index is 9.50. The van der Waals surface area contributed by atoms with Gasteiger partial charge in [0.2, 0.25) is 0 Å². The van der Waals surface area contributed by atoms with Crippen molar-refractivity contribution in [1.29, 1.82) is 0 Å². The Labute approximate surface area is 116 Å². The first-order chi connectivity index (χ1) is 9.63. The molecule has 2 N–H and O–H groups in total. The Morgan fingerprint density at radius 1 is 0.950 bits per heavy atom. The van der Waals surface area contributed by atoms with E-state index in [1.54, 1.807) is 36.4 Å². The summed E-state index contributed by atoms with van der Waals surface area (Å²) in [7, 11) is 1.97. The van der Waals surface area contributed by atoms with Crippen LogP contribution in [-0.2, 0) is 13.7 Å². The number of benzene rings is 2. The van der Waals surface area contributed by atoms with E-state index >= 15 is 0 Å². The van der Waals surface area contributed by atoms with Gasteiger partial charge in [-0.05, 0) is 48.5 Å². The topological polar surface area (TPSA) is 54.6 Å². The Morgan fingerprint density at radius 3 is 2.40 bits per heavy atom. The van der Waals surface area contributed by atoms with Crippen molar-refractivity contribution in [2.45, 2.75) is 6.61 Å². The molecule has 0 atom stereocenters. The number of fused-ring (bicyclic) bond motifs is 1. The summed E-state index contributed by atoms with van der Waals surface area (Å²) in [4.78, 5) is 0. The summed E-state index contributed by atoms with van der Waals surface area (Å²) in [5.41, 5.74) is 2.06. The predicted octanol–water partition coefficient (Wildman–Crippen LogP) is 3.17. The molecule has 0 unspecified atom stereocenters. The SMILES string of the molecule is Cn1c(COc2ccc(O)cc2)cc2cc(O)ccc21. The molecule has 0 saturated heterocycles. The van der Waals surface area contributed by atoms with Crippen molar-refractivity contribution in [3.63, 3.8) is 0 Å². The van der Waals surface area contributed by atoms with Crippen LogP contribution in [0.25, 0.3) is 10.9 Å². The molecule has 2 aromatic carbocycles. The smallest absolute Gasteiger partial charge is 0.128 e. The second kappa shape index (κ2) is 4.81. The number of rotatable bonds is 3. The Kier molecular flexibility index (Phi) is 2.99. The monoisotopic (exact) mass is 269 g/mol. The summed E-state index contributed by atoms with van der Waals surface area (Å²) in [5.74, 6) is 1.18. The van der Waals surface area contributed by atoms with Crippen LogP contribution < -0.4 is 4.74 Å². The van der Waals surface area contributed by atoms with Gasteiger partial charge in [-0.2, -0.15) is 0 Å². The van der Waals surface area contributed by atoms with Gasteiger partial charge in [-0.3, -0.25) is 0 Å². The minimum Gasteiger partial charge on any atom is -0.508 e. The third-order valence-corrected chi connectivity index (χ3v) is 3.35. The zero-order valence-corrected chi connectivity index (χ0v) is 11.1. The normalized spacial score (nSPS) is 10.8. The lowest BCUT2D eigenvalue weighted by molar-refractivity contribution is 0.297. The molecule has 20 heavy (non-hydrogen) atoms. The predicted molar refractivity (Wildman–Crippen MR) is 77.0 cm³/mol. The van der Waals surface area contributed by atoms with E-state index < -0.39 is 0 Å². The van der Waals surface area contributed by atoms with Gasteiger partial charge in [0.15, 0.2) is 0 Å². The molecule has 4 heteroatoms. The molecule has 4 nitrogen and oxygen atoms in total. The van der Waals surface area contributed by atoms with Gasteiger partial charge in [0, 0.05) is 18.0 Å². The van der Waals surface area contributed by atoms with Crippen LogP contribution >= 0.6 is 0 Å². The second-order valence-corrected chi connectivity index (χ2v) is 4.72. The van der Waals surface area contributed by atoms with Gasteiger partial charge in [-0.1, -0.05) is 0 Å². The van der Waals surface area contributed by atoms with Gasteiger partial charge in [0.25, 0.3) is 0 Å². The second-order valence-electron chi connectivity index (χ2n) is 4.72. The van der Waals surface area contributed by atoms with Crippen LogP contribution in [0, 0.1) is 0 Å². The number of nitrogens with zero attached hydrogens (tertiary/aromatic N) is 1. The zero-order valence-electron chi connectivity index (χ0n) is 11.1. The Bertz CT molecular complexity index is 744. The zero-order chi connectivity index (χ0) is 14.1. The number of hydrogen-bond acceptors (Lipinski definition) is 3. The summed E-state index contributed by atoms with van der Waals surface area (Å²) in [6, 6.07) is 13.9. The lowest BCUT2D eigenvalue weighted by atomic mass is 10.2. The number of aromatic nitrogens is 1. The van der Waals surface area contributed by atoms with Crippen LogP contribution in [-0.4, -0.2) is 14.8 Å². The third-order valence-electron chi connectivity index (χ3n) is 3.35. The van der Waals surface area contributed by atoms with Gasteiger partial charge < -0.3 is 19.5 Å². The molecule has 1 heterocycles. The van der Waals surface area contributed by atoms with Crippen molar-refractivity contribution < 1.29 is 14.9 Å². The number of ether oxygens (including phenoxy) is 1.